The van der Waals surface area contributed by atoms with E-state index in [-0.39, 0.29) is 58.7 Å². The molecule has 2 aliphatic carbocycles. The third kappa shape index (κ3) is 10.9. The zero-order valence-corrected chi connectivity index (χ0v) is 42.7. The number of halogens is 1. The van der Waals surface area contributed by atoms with Gasteiger partial charge in [0.2, 0.25) is 11.8 Å². The van der Waals surface area contributed by atoms with Crippen molar-refractivity contribution >= 4 is 57.1 Å². The highest BCUT2D eigenvalue weighted by molar-refractivity contribution is 7.10. The number of amides is 3. The normalized spacial score (nSPS) is 20.4. The van der Waals surface area contributed by atoms with E-state index < -0.39 is 6.04 Å². The summed E-state index contributed by atoms with van der Waals surface area (Å²) in [5, 5.41) is 27.4. The van der Waals surface area contributed by atoms with Gasteiger partial charge in [0.15, 0.2) is 0 Å². The SMILES string of the molecule is CN[C@@H](C)C(=O)NC(C(=O)N1CCC[C@H]1c1nc(-c2ccc(OCCOCCNc3ccc(C(=O)NC4C(C)(C)C(Oc5ccc(C#N)c(Cl)c5)C4(C)C)cc3)c3ccccc23)cs1)C1CCCCC1. The number of carbonyl (C=O) groups excluding carboxylic acids is 3. The monoisotopic (exact) mass is 987 g/mol. The molecule has 2 heterocycles. The number of nitrogens with one attached hydrogen (secondary N) is 4. The maximum Gasteiger partial charge on any atom is 0.251 e. The van der Waals surface area contributed by atoms with Gasteiger partial charge in [-0.3, -0.25) is 14.4 Å². The van der Waals surface area contributed by atoms with Crippen LogP contribution in [0.4, 0.5) is 5.69 Å². The molecule has 3 amide bonds. The number of anilines is 1. The van der Waals surface area contributed by atoms with Crippen molar-refractivity contribution in [2.75, 3.05) is 45.3 Å². The molecule has 70 heavy (non-hydrogen) atoms. The van der Waals surface area contributed by atoms with E-state index in [9.17, 15) is 19.6 Å². The van der Waals surface area contributed by atoms with Crippen LogP contribution in [0.2, 0.25) is 5.02 Å². The van der Waals surface area contributed by atoms with Gasteiger partial charge in [-0.25, -0.2) is 4.98 Å². The molecule has 3 fully saturated rings. The number of hydrogen-bond acceptors (Lipinski definition) is 11. The van der Waals surface area contributed by atoms with Gasteiger partial charge < -0.3 is 40.4 Å². The summed E-state index contributed by atoms with van der Waals surface area (Å²) in [5.41, 5.74) is 2.98. The van der Waals surface area contributed by atoms with Gasteiger partial charge in [0.25, 0.3) is 5.91 Å². The van der Waals surface area contributed by atoms with Crippen LogP contribution in [0.15, 0.2) is 84.2 Å². The van der Waals surface area contributed by atoms with Gasteiger partial charge in [-0.1, -0.05) is 82.8 Å². The second-order valence-electron chi connectivity index (χ2n) is 20.1. The Balaban J connectivity index is 0.801. The van der Waals surface area contributed by atoms with Crippen molar-refractivity contribution < 1.29 is 28.6 Å². The Morgan fingerprint density at radius 1 is 0.914 bits per heavy atom. The second-order valence-corrected chi connectivity index (χ2v) is 21.4. The highest BCUT2D eigenvalue weighted by Gasteiger charge is 2.64. The van der Waals surface area contributed by atoms with Crippen LogP contribution in [-0.2, 0) is 14.3 Å². The number of ether oxygens (including phenoxy) is 3. The Bertz CT molecular complexity index is 2680. The van der Waals surface area contributed by atoms with Crippen molar-refractivity contribution in [3.05, 3.63) is 105 Å². The third-order valence-electron chi connectivity index (χ3n) is 14.7. The van der Waals surface area contributed by atoms with Gasteiger partial charge in [0.1, 0.15) is 41.3 Å². The number of aromatic nitrogens is 1. The minimum absolute atomic E-state index is 0.0120. The highest BCUT2D eigenvalue weighted by atomic mass is 35.5. The largest absolute Gasteiger partial charge is 0.491 e. The molecule has 0 spiro atoms. The van der Waals surface area contributed by atoms with Crippen LogP contribution in [0.25, 0.3) is 22.0 Å². The molecule has 1 unspecified atom stereocenters. The van der Waals surface area contributed by atoms with Gasteiger partial charge in [-0.05, 0) is 99.5 Å². The van der Waals surface area contributed by atoms with Crippen LogP contribution in [-0.4, -0.2) is 91.8 Å². The quantitative estimate of drug-likeness (QED) is 0.0585. The van der Waals surface area contributed by atoms with Crippen LogP contribution in [0.3, 0.4) is 0 Å². The molecule has 1 saturated heterocycles. The summed E-state index contributed by atoms with van der Waals surface area (Å²) < 4.78 is 18.6. The number of likely N-dealkylation sites (tertiary alicyclic amines) is 1. The predicted molar refractivity (Wildman–Crippen MR) is 276 cm³/mol. The lowest BCUT2D eigenvalue weighted by Crippen LogP contribution is -2.74. The summed E-state index contributed by atoms with van der Waals surface area (Å²) >= 11 is 7.85. The zero-order chi connectivity index (χ0) is 49.6. The third-order valence-corrected chi connectivity index (χ3v) is 15.9. The molecule has 15 heteroatoms. The van der Waals surface area contributed by atoms with Crippen molar-refractivity contribution in [1.29, 1.82) is 5.26 Å². The van der Waals surface area contributed by atoms with E-state index in [0.29, 0.717) is 54.8 Å². The number of carbonyl (C=O) groups is 3. The van der Waals surface area contributed by atoms with Gasteiger partial charge in [-0.15, -0.1) is 11.3 Å². The van der Waals surface area contributed by atoms with Crippen LogP contribution in [0.1, 0.15) is 107 Å². The fraction of sp³-hybridized carbons (Fsp3) is 0.473. The van der Waals surface area contributed by atoms with Crippen molar-refractivity contribution in [3.63, 3.8) is 0 Å². The van der Waals surface area contributed by atoms with Gasteiger partial charge in [0.05, 0.1) is 41.6 Å². The molecule has 0 bridgehead atoms. The summed E-state index contributed by atoms with van der Waals surface area (Å²) in [5.74, 6) is 1.22. The van der Waals surface area contributed by atoms with E-state index >= 15 is 0 Å². The maximum atomic E-state index is 14.4. The van der Waals surface area contributed by atoms with E-state index in [2.05, 4.69) is 78.6 Å². The topological polar surface area (TPSA) is 167 Å². The number of hydrogen-bond donors (Lipinski definition) is 4. The number of fused-ring (bicyclic) bond motifs is 1. The molecular formula is C55H66ClN7O6S. The highest BCUT2D eigenvalue weighted by Crippen LogP contribution is 2.55. The fourth-order valence-corrected chi connectivity index (χ4v) is 12.2. The zero-order valence-electron chi connectivity index (χ0n) is 41.1. The average Bonchev–Trinajstić information content (AvgIpc) is 4.07. The number of likely N-dealkylation sites (N-methyl/N-ethyl adjacent to an activating group) is 1. The molecule has 4 N–H and O–H groups in total. The standard InChI is InChI=1S/C55H66ClN7O6S/c1-34(58-6)48(64)61-47(35-13-8-7-9-14-35)51(66)63-27-12-17-45(63)50-60-44(33-70-50)41-24-25-46(42-16-11-10-15-40(41)42)68-30-29-67-28-26-59-38-21-18-36(19-22-38)49(65)62-52-54(2,3)53(55(52,4)5)69-39-23-20-37(32-57)43(56)31-39/h10-11,15-16,18-25,31,33-35,45,47,52-53,58-59H,7-9,12-14,17,26-30H2,1-6H3,(H,61,64)(H,62,65)/t34-,45-,47?,52?,53?/m0/s1. The van der Waals surface area contributed by atoms with Crippen molar-refractivity contribution in [3.8, 4) is 28.8 Å². The van der Waals surface area contributed by atoms with Crippen LogP contribution >= 0.6 is 22.9 Å². The second kappa shape index (κ2) is 22.1. The minimum Gasteiger partial charge on any atom is -0.491 e. The van der Waals surface area contributed by atoms with Crippen LogP contribution < -0.4 is 30.7 Å². The lowest BCUT2D eigenvalue weighted by Gasteiger charge is -2.63. The number of thiazole rings is 1. The van der Waals surface area contributed by atoms with Gasteiger partial charge in [-0.2, -0.15) is 5.26 Å². The van der Waals surface area contributed by atoms with E-state index in [1.54, 1.807) is 36.6 Å². The Labute approximate surface area is 421 Å². The molecule has 370 valence electrons. The number of rotatable bonds is 19. The molecule has 3 atom stereocenters. The number of benzene rings is 4. The molecule has 13 nitrogen and oxygen atoms in total. The molecule has 1 aliphatic heterocycles. The fourth-order valence-electron chi connectivity index (χ4n) is 11.0. The smallest absolute Gasteiger partial charge is 0.251 e. The van der Waals surface area contributed by atoms with Crippen molar-refractivity contribution in [2.45, 2.75) is 110 Å². The Morgan fingerprint density at radius 2 is 1.66 bits per heavy atom. The lowest BCUT2D eigenvalue weighted by atomic mass is 9.49. The van der Waals surface area contributed by atoms with E-state index in [1.165, 1.54) is 6.42 Å². The van der Waals surface area contributed by atoms with Crippen LogP contribution in [0, 0.1) is 28.1 Å². The lowest BCUT2D eigenvalue weighted by molar-refractivity contribution is -0.164. The molecule has 5 aromatic rings. The first kappa shape index (κ1) is 50.7. The van der Waals surface area contributed by atoms with E-state index in [0.717, 1.165) is 77.0 Å². The minimum atomic E-state index is -0.532. The average molecular weight is 989 g/mol. The Morgan fingerprint density at radius 3 is 2.37 bits per heavy atom. The van der Waals surface area contributed by atoms with E-state index in [4.69, 9.17) is 30.8 Å². The Kier molecular flexibility index (Phi) is 16.0. The van der Waals surface area contributed by atoms with Crippen LogP contribution in [0.5, 0.6) is 11.5 Å². The summed E-state index contributed by atoms with van der Waals surface area (Å²) in [4.78, 5) is 48.0. The number of nitrogens with zero attached hydrogens (tertiary/aromatic N) is 3. The molecule has 8 rings (SSSR count). The van der Waals surface area contributed by atoms with Crippen molar-refractivity contribution in [1.82, 2.24) is 25.8 Å². The van der Waals surface area contributed by atoms with Crippen molar-refractivity contribution in [2.24, 2.45) is 16.7 Å². The first-order valence-electron chi connectivity index (χ1n) is 24.7. The van der Waals surface area contributed by atoms with Gasteiger partial charge in [0, 0.05) is 63.6 Å². The summed E-state index contributed by atoms with van der Waals surface area (Å²) in [7, 11) is 1.76. The summed E-state index contributed by atoms with van der Waals surface area (Å²) in [6.45, 7) is 12.6. The molecule has 0 radical (unpaired) electrons. The molecule has 2 saturated carbocycles. The molecule has 3 aliphatic rings. The predicted octanol–water partition coefficient (Wildman–Crippen LogP) is 9.94. The van der Waals surface area contributed by atoms with Gasteiger partial charge >= 0.3 is 0 Å². The van der Waals surface area contributed by atoms with E-state index in [1.807, 2.05) is 54.3 Å². The summed E-state index contributed by atoms with van der Waals surface area (Å²) in [6, 6.07) is 25.6. The summed E-state index contributed by atoms with van der Waals surface area (Å²) in [6.07, 6.45) is 6.77. The first-order valence-corrected chi connectivity index (χ1v) is 25.9. The molecule has 4 aromatic carbocycles. The first-order chi connectivity index (χ1) is 33.7. The molecule has 1 aromatic heterocycles. The Hall–Kier alpha value is -5.72. The number of nitriles is 1. The maximum absolute atomic E-state index is 14.4. The molecular weight excluding hydrogens is 922 g/mol.